The molecule has 0 aliphatic carbocycles. The van der Waals surface area contributed by atoms with Crippen molar-refractivity contribution in [2.75, 3.05) is 7.11 Å². The highest BCUT2D eigenvalue weighted by molar-refractivity contribution is 8.33. The Morgan fingerprint density at radius 1 is 0.848 bits per heavy atom. The number of allylic oxidation sites excluding steroid dienone is 1. The number of ether oxygens (including phenoxy) is 1. The first-order chi connectivity index (χ1) is 16.2. The van der Waals surface area contributed by atoms with E-state index in [2.05, 4.69) is 16.9 Å². The number of hydrogen-bond acceptors (Lipinski definition) is 7. The molecule has 10 heteroatoms. The van der Waals surface area contributed by atoms with Crippen LogP contribution >= 0.6 is 47.0 Å². The van der Waals surface area contributed by atoms with Gasteiger partial charge in [-0.25, -0.2) is 23.5 Å². The average Bonchev–Trinajstić information content (AvgIpc) is 3.58. The van der Waals surface area contributed by atoms with Crippen molar-refractivity contribution in [3.05, 3.63) is 111 Å². The minimum atomic E-state index is -0.397. The molecule has 1 fully saturated rings. The third-order valence-electron chi connectivity index (χ3n) is 5.53. The molecular formula is C23H17N3O3S4. The first-order valence-corrected chi connectivity index (χ1v) is 13.6. The highest BCUT2D eigenvalue weighted by Crippen LogP contribution is 2.61. The Morgan fingerprint density at radius 2 is 1.55 bits per heavy atom. The predicted octanol–water partition coefficient (Wildman–Crippen LogP) is 5.35. The predicted molar refractivity (Wildman–Crippen MR) is 139 cm³/mol. The van der Waals surface area contributed by atoms with Gasteiger partial charge in [-0.05, 0) is 46.7 Å². The van der Waals surface area contributed by atoms with E-state index < -0.39 is 6.04 Å². The molecule has 6 nitrogen and oxygen atoms in total. The zero-order valence-corrected chi connectivity index (χ0v) is 20.5. The van der Waals surface area contributed by atoms with Crippen LogP contribution in [0.15, 0.2) is 94.5 Å². The van der Waals surface area contributed by atoms with Crippen LogP contribution in [0, 0.1) is 0 Å². The molecule has 3 aromatic rings. The summed E-state index contributed by atoms with van der Waals surface area (Å²) in [6.45, 7) is 0. The lowest BCUT2D eigenvalue weighted by Crippen LogP contribution is -2.35. The quantitative estimate of drug-likeness (QED) is 0.470. The van der Waals surface area contributed by atoms with Crippen molar-refractivity contribution in [3.8, 4) is 11.4 Å². The summed E-state index contributed by atoms with van der Waals surface area (Å²) in [5.74, 6) is 0.743. The maximum atomic E-state index is 13.7. The minimum absolute atomic E-state index is 0.265. The molecule has 2 atom stereocenters. The lowest BCUT2D eigenvalue weighted by Gasteiger charge is -2.27. The van der Waals surface area contributed by atoms with Crippen molar-refractivity contribution < 1.29 is 4.74 Å². The van der Waals surface area contributed by atoms with Crippen LogP contribution in [0.25, 0.3) is 5.69 Å². The van der Waals surface area contributed by atoms with Gasteiger partial charge >= 0.3 is 11.4 Å². The van der Waals surface area contributed by atoms with Crippen LogP contribution in [0.1, 0.15) is 17.0 Å². The molecule has 166 valence electrons. The Hall–Kier alpha value is -2.40. The number of rotatable bonds is 3. The number of methoxy groups -OCH3 is 1. The molecule has 1 aromatic heterocycles. The van der Waals surface area contributed by atoms with Crippen molar-refractivity contribution in [2.45, 2.75) is 11.4 Å². The highest BCUT2D eigenvalue weighted by atomic mass is 32.2. The lowest BCUT2D eigenvalue weighted by molar-refractivity contribution is 0.412. The van der Waals surface area contributed by atoms with Crippen LogP contribution in [0.3, 0.4) is 0 Å². The monoisotopic (exact) mass is 511 g/mol. The van der Waals surface area contributed by atoms with Crippen molar-refractivity contribution in [1.82, 2.24) is 13.9 Å². The normalized spacial score (nSPS) is 21.2. The summed E-state index contributed by atoms with van der Waals surface area (Å²) < 4.78 is 12.2. The fraction of sp³-hybridized carbons (Fsp3) is 0.130. The van der Waals surface area contributed by atoms with Gasteiger partial charge in [-0.15, -0.1) is 0 Å². The van der Waals surface area contributed by atoms with E-state index in [1.165, 1.54) is 13.0 Å². The van der Waals surface area contributed by atoms with Gasteiger partial charge < -0.3 is 4.74 Å². The number of nitrogens with zero attached hydrogens (tertiary/aromatic N) is 3. The summed E-state index contributed by atoms with van der Waals surface area (Å²) in [5.41, 5.74) is 0.808. The summed E-state index contributed by atoms with van der Waals surface area (Å²) in [5, 5.41) is 3.87. The van der Waals surface area contributed by atoms with E-state index >= 15 is 0 Å². The van der Waals surface area contributed by atoms with Gasteiger partial charge in [0.1, 0.15) is 11.1 Å². The average molecular weight is 512 g/mol. The van der Waals surface area contributed by atoms with E-state index in [4.69, 9.17) is 4.74 Å². The van der Waals surface area contributed by atoms with Crippen LogP contribution in [-0.2, 0) is 0 Å². The highest BCUT2D eigenvalue weighted by Gasteiger charge is 2.40. The summed E-state index contributed by atoms with van der Waals surface area (Å²) in [7, 11) is 1.62. The van der Waals surface area contributed by atoms with Crippen LogP contribution in [-0.4, -0.2) is 21.0 Å². The Balaban J connectivity index is 1.56. The number of fused-ring (bicyclic) bond motifs is 3. The zero-order chi connectivity index (χ0) is 22.5. The second kappa shape index (κ2) is 8.43. The lowest BCUT2D eigenvalue weighted by atomic mass is 10.1. The molecule has 0 saturated carbocycles. The molecule has 0 N–H and O–H groups in total. The first kappa shape index (κ1) is 21.2. The van der Waals surface area contributed by atoms with E-state index in [1.807, 2.05) is 42.5 Å². The molecule has 2 aromatic carbocycles. The summed E-state index contributed by atoms with van der Waals surface area (Å²) in [6.07, 6.45) is 2.12. The van der Waals surface area contributed by atoms with Gasteiger partial charge in [0.05, 0.1) is 27.3 Å². The molecule has 0 bridgehead atoms. The summed E-state index contributed by atoms with van der Waals surface area (Å²) in [4.78, 5) is 28.4. The maximum Gasteiger partial charge on any atom is 0.353 e. The van der Waals surface area contributed by atoms with E-state index in [0.29, 0.717) is 5.69 Å². The van der Waals surface area contributed by atoms with E-state index in [-0.39, 0.29) is 16.8 Å². The number of hydrogen-bond donors (Lipinski definition) is 0. The van der Waals surface area contributed by atoms with E-state index in [9.17, 15) is 9.59 Å². The third kappa shape index (κ3) is 3.47. The van der Waals surface area contributed by atoms with Gasteiger partial charge in [-0.1, -0.05) is 77.4 Å². The third-order valence-corrected chi connectivity index (χ3v) is 10.9. The molecule has 0 unspecified atom stereocenters. The number of aromatic nitrogens is 3. The van der Waals surface area contributed by atoms with E-state index in [1.54, 1.807) is 75.7 Å². The number of para-hydroxylation sites is 1. The largest absolute Gasteiger partial charge is 0.497 e. The van der Waals surface area contributed by atoms with Gasteiger partial charge in [0.2, 0.25) is 0 Å². The van der Waals surface area contributed by atoms with Crippen LogP contribution < -0.4 is 16.1 Å². The van der Waals surface area contributed by atoms with Crippen molar-refractivity contribution in [2.24, 2.45) is 0 Å². The smallest absolute Gasteiger partial charge is 0.353 e. The Labute approximate surface area is 206 Å². The van der Waals surface area contributed by atoms with Crippen LogP contribution in [0.5, 0.6) is 5.75 Å². The topological polar surface area (TPSA) is 58.2 Å². The molecule has 0 radical (unpaired) electrons. The molecule has 4 heterocycles. The SMILES string of the molecule is COc1ccc([C@H]2C=C3SC(=C4SC=CS4)S[C@H]3n3c(=O)n(-c4ccccc4)c(=O)n32)cc1. The fourth-order valence-electron chi connectivity index (χ4n) is 4.02. The number of thioether (sulfide) groups is 4. The molecule has 3 aliphatic rings. The summed E-state index contributed by atoms with van der Waals surface area (Å²) in [6, 6.07) is 16.4. The van der Waals surface area contributed by atoms with Gasteiger partial charge in [-0.2, -0.15) is 0 Å². The minimum Gasteiger partial charge on any atom is -0.497 e. The van der Waals surface area contributed by atoms with Gasteiger partial charge in [0.15, 0.2) is 0 Å². The molecule has 1 saturated heterocycles. The molecule has 3 aliphatic heterocycles. The molecule has 33 heavy (non-hydrogen) atoms. The van der Waals surface area contributed by atoms with Crippen molar-refractivity contribution >= 4 is 47.0 Å². The molecule has 0 spiro atoms. The Bertz CT molecular complexity index is 1440. The molecule has 6 rings (SSSR count). The van der Waals surface area contributed by atoms with Crippen molar-refractivity contribution in [1.29, 1.82) is 0 Å². The van der Waals surface area contributed by atoms with Crippen LogP contribution in [0.4, 0.5) is 0 Å². The van der Waals surface area contributed by atoms with E-state index in [0.717, 1.165) is 16.2 Å². The Morgan fingerprint density at radius 3 is 2.24 bits per heavy atom. The number of benzene rings is 2. The zero-order valence-electron chi connectivity index (χ0n) is 17.3. The maximum absolute atomic E-state index is 13.7. The first-order valence-electron chi connectivity index (χ1n) is 10.1. The van der Waals surface area contributed by atoms with Gasteiger partial charge in [0.25, 0.3) is 0 Å². The standard InChI is InChI=1S/C23H17N3O3S4/c1-29-16-9-7-14(8-10-16)17-13-18-19(33-21(32-18)20-30-11-12-31-20)26-23(28)24(22(27)25(17)26)15-5-3-2-4-6-15/h2-13,17,19H,1H3/t17-,19-/m1/s1. The van der Waals surface area contributed by atoms with Gasteiger partial charge in [-0.3, -0.25) is 0 Å². The second-order valence-corrected chi connectivity index (χ2v) is 11.9. The van der Waals surface area contributed by atoms with Crippen LogP contribution in [0.2, 0.25) is 0 Å². The summed E-state index contributed by atoms with van der Waals surface area (Å²) >= 11 is 6.72. The Kier molecular flexibility index (Phi) is 5.40. The molecular weight excluding hydrogens is 495 g/mol. The second-order valence-electron chi connectivity index (χ2n) is 7.37. The van der Waals surface area contributed by atoms with Crippen molar-refractivity contribution in [3.63, 3.8) is 0 Å². The fourth-order valence-corrected chi connectivity index (χ4v) is 9.10. The van der Waals surface area contributed by atoms with Gasteiger partial charge in [0, 0.05) is 4.91 Å². The molecule has 0 amide bonds.